The average molecular weight is 284 g/mol. The number of aromatic carboxylic acids is 1. The lowest BCUT2D eigenvalue weighted by atomic mass is 10.1. The van der Waals surface area contributed by atoms with E-state index in [-0.39, 0.29) is 22.4 Å². The Morgan fingerprint density at radius 2 is 1.38 bits per heavy atom. The van der Waals surface area contributed by atoms with Crippen molar-refractivity contribution in [1.82, 2.24) is 0 Å². The number of anilines is 1. The molecule has 106 valence electrons. The fraction of sp³-hybridized carbons (Fsp3) is 0. The van der Waals surface area contributed by atoms with Crippen molar-refractivity contribution in [3.05, 3.63) is 65.2 Å². The van der Waals surface area contributed by atoms with Gasteiger partial charge in [-0.15, -0.1) is 0 Å². The van der Waals surface area contributed by atoms with Crippen LogP contribution in [-0.2, 0) is 0 Å². The summed E-state index contributed by atoms with van der Waals surface area (Å²) >= 11 is 0. The van der Waals surface area contributed by atoms with Crippen molar-refractivity contribution in [1.29, 1.82) is 0 Å². The first-order valence-corrected chi connectivity index (χ1v) is 6.03. The zero-order chi connectivity index (χ0) is 15.4. The fourth-order valence-corrected chi connectivity index (χ4v) is 1.86. The second-order valence-electron chi connectivity index (χ2n) is 4.21. The molecule has 0 unspecified atom stereocenters. The third-order valence-electron chi connectivity index (χ3n) is 2.84. The molecular weight excluding hydrogens is 272 g/mol. The lowest BCUT2D eigenvalue weighted by Crippen LogP contribution is -2.21. The number of rotatable bonds is 4. The number of carboxylic acids is 1. The molecule has 0 atom stereocenters. The minimum Gasteiger partial charge on any atom is -0.478 e. The van der Waals surface area contributed by atoms with Crippen molar-refractivity contribution in [3.63, 3.8) is 0 Å². The summed E-state index contributed by atoms with van der Waals surface area (Å²) in [6.45, 7) is 0. The average Bonchev–Trinajstić information content (AvgIpc) is 2.47. The van der Waals surface area contributed by atoms with Crippen LogP contribution in [-0.4, -0.2) is 22.9 Å². The number of amides is 2. The number of hydrogen-bond donors (Lipinski definition) is 3. The van der Waals surface area contributed by atoms with Crippen LogP contribution in [0.2, 0.25) is 0 Å². The predicted octanol–water partition coefficient (Wildman–Crippen LogP) is 1.74. The summed E-state index contributed by atoms with van der Waals surface area (Å²) in [7, 11) is 0. The molecule has 0 spiro atoms. The van der Waals surface area contributed by atoms with E-state index in [4.69, 9.17) is 10.8 Å². The first kappa shape index (κ1) is 14.3. The third-order valence-corrected chi connectivity index (χ3v) is 2.84. The van der Waals surface area contributed by atoms with Crippen molar-refractivity contribution >= 4 is 23.5 Å². The van der Waals surface area contributed by atoms with E-state index >= 15 is 0 Å². The zero-order valence-electron chi connectivity index (χ0n) is 10.9. The molecule has 2 aromatic rings. The highest BCUT2D eigenvalue weighted by atomic mass is 16.4. The first-order chi connectivity index (χ1) is 10.0. The number of carbonyl (C=O) groups excluding carboxylic acids is 2. The number of primary amides is 1. The van der Waals surface area contributed by atoms with Crippen LogP contribution < -0.4 is 11.1 Å². The second kappa shape index (κ2) is 5.87. The molecule has 0 heterocycles. The maximum Gasteiger partial charge on any atom is 0.337 e. The molecule has 2 aromatic carbocycles. The Morgan fingerprint density at radius 3 is 1.95 bits per heavy atom. The van der Waals surface area contributed by atoms with Crippen LogP contribution in [0.5, 0.6) is 0 Å². The summed E-state index contributed by atoms with van der Waals surface area (Å²) in [5.41, 5.74) is 5.48. The van der Waals surface area contributed by atoms with Crippen molar-refractivity contribution in [2.45, 2.75) is 0 Å². The van der Waals surface area contributed by atoms with E-state index in [1.807, 2.05) is 0 Å². The number of nitrogens with two attached hydrogens (primary N) is 1. The number of carboxylic acid groups (broad SMARTS) is 1. The highest BCUT2D eigenvalue weighted by molar-refractivity contribution is 6.13. The van der Waals surface area contributed by atoms with E-state index in [1.165, 1.54) is 24.3 Å². The van der Waals surface area contributed by atoms with Gasteiger partial charge in [-0.2, -0.15) is 0 Å². The van der Waals surface area contributed by atoms with E-state index in [2.05, 4.69) is 5.32 Å². The molecule has 6 nitrogen and oxygen atoms in total. The molecular formula is C15H12N2O4. The van der Waals surface area contributed by atoms with Gasteiger partial charge in [-0.25, -0.2) is 4.79 Å². The summed E-state index contributed by atoms with van der Waals surface area (Å²) in [5, 5.41) is 11.5. The summed E-state index contributed by atoms with van der Waals surface area (Å²) in [4.78, 5) is 34.6. The van der Waals surface area contributed by atoms with Gasteiger partial charge in [-0.1, -0.05) is 24.3 Å². The number of benzene rings is 2. The molecule has 0 saturated heterocycles. The van der Waals surface area contributed by atoms with Crippen molar-refractivity contribution in [2.24, 2.45) is 5.73 Å². The Hall–Kier alpha value is -3.15. The monoisotopic (exact) mass is 284 g/mol. The number of hydrogen-bond acceptors (Lipinski definition) is 3. The quantitative estimate of drug-likeness (QED) is 0.794. The molecule has 0 aliphatic carbocycles. The molecule has 0 fully saturated rings. The van der Waals surface area contributed by atoms with Crippen LogP contribution in [0.1, 0.15) is 31.1 Å². The number of para-hydroxylation sites is 1. The van der Waals surface area contributed by atoms with Crippen molar-refractivity contribution in [3.8, 4) is 0 Å². The Bertz CT molecular complexity index is 725. The van der Waals surface area contributed by atoms with Gasteiger partial charge >= 0.3 is 5.97 Å². The van der Waals surface area contributed by atoms with Crippen LogP contribution in [0.3, 0.4) is 0 Å². The van der Waals surface area contributed by atoms with E-state index in [1.54, 1.807) is 24.3 Å². The molecule has 0 aliphatic heterocycles. The summed E-state index contributed by atoms with van der Waals surface area (Å²) in [6, 6.07) is 12.0. The second-order valence-corrected chi connectivity index (χ2v) is 4.21. The molecule has 6 heteroatoms. The van der Waals surface area contributed by atoms with Crippen LogP contribution in [0.4, 0.5) is 5.69 Å². The standard InChI is InChI=1S/C15H12N2O4/c16-13(18)9-5-1-2-6-10(9)14(19)17-12-8-4-3-7-11(12)15(20)21/h1-8H,(H2,16,18)(H,17,19)(H,20,21). The van der Waals surface area contributed by atoms with Crippen LogP contribution in [0, 0.1) is 0 Å². The predicted molar refractivity (Wildman–Crippen MR) is 76.3 cm³/mol. The minimum atomic E-state index is -1.16. The lowest BCUT2D eigenvalue weighted by Gasteiger charge is -2.10. The van der Waals surface area contributed by atoms with Gasteiger partial charge in [0.15, 0.2) is 0 Å². The topological polar surface area (TPSA) is 109 Å². The van der Waals surface area contributed by atoms with Crippen molar-refractivity contribution in [2.75, 3.05) is 5.32 Å². The van der Waals surface area contributed by atoms with Gasteiger partial charge in [-0.3, -0.25) is 9.59 Å². The molecule has 2 rings (SSSR count). The summed E-state index contributed by atoms with van der Waals surface area (Å²) in [5.74, 6) is -2.49. The Labute approximate surface area is 120 Å². The molecule has 0 saturated carbocycles. The summed E-state index contributed by atoms with van der Waals surface area (Å²) in [6.07, 6.45) is 0. The molecule has 0 bridgehead atoms. The first-order valence-electron chi connectivity index (χ1n) is 6.03. The zero-order valence-corrected chi connectivity index (χ0v) is 10.9. The molecule has 4 N–H and O–H groups in total. The van der Waals surface area contributed by atoms with Gasteiger partial charge in [0.25, 0.3) is 5.91 Å². The van der Waals surface area contributed by atoms with Crippen LogP contribution in [0.15, 0.2) is 48.5 Å². The maximum atomic E-state index is 12.2. The smallest absolute Gasteiger partial charge is 0.337 e. The third kappa shape index (κ3) is 3.06. The molecule has 0 aliphatic rings. The SMILES string of the molecule is NC(=O)c1ccccc1C(=O)Nc1ccccc1C(=O)O. The van der Waals surface area contributed by atoms with Gasteiger partial charge in [0, 0.05) is 0 Å². The van der Waals surface area contributed by atoms with Gasteiger partial charge in [0.1, 0.15) is 0 Å². The largest absolute Gasteiger partial charge is 0.478 e. The van der Waals surface area contributed by atoms with E-state index < -0.39 is 17.8 Å². The lowest BCUT2D eigenvalue weighted by molar-refractivity contribution is 0.0697. The van der Waals surface area contributed by atoms with Crippen LogP contribution in [0.25, 0.3) is 0 Å². The van der Waals surface area contributed by atoms with Crippen molar-refractivity contribution < 1.29 is 19.5 Å². The van der Waals surface area contributed by atoms with Gasteiger partial charge in [0.2, 0.25) is 5.91 Å². The Balaban J connectivity index is 2.36. The Kier molecular flexibility index (Phi) is 3.99. The number of nitrogens with one attached hydrogen (secondary N) is 1. The fourth-order valence-electron chi connectivity index (χ4n) is 1.86. The molecule has 0 aromatic heterocycles. The highest BCUT2D eigenvalue weighted by Gasteiger charge is 2.17. The summed E-state index contributed by atoms with van der Waals surface area (Å²) < 4.78 is 0. The Morgan fingerprint density at radius 1 is 0.857 bits per heavy atom. The molecule has 2 amide bonds. The van der Waals surface area contributed by atoms with E-state index in [0.717, 1.165) is 0 Å². The van der Waals surface area contributed by atoms with Gasteiger partial charge < -0.3 is 16.2 Å². The van der Waals surface area contributed by atoms with E-state index in [0.29, 0.717) is 0 Å². The number of carbonyl (C=O) groups is 3. The molecule has 0 radical (unpaired) electrons. The highest BCUT2D eigenvalue weighted by Crippen LogP contribution is 2.17. The van der Waals surface area contributed by atoms with E-state index in [9.17, 15) is 14.4 Å². The van der Waals surface area contributed by atoms with Gasteiger partial charge in [-0.05, 0) is 24.3 Å². The van der Waals surface area contributed by atoms with Gasteiger partial charge in [0.05, 0.1) is 22.4 Å². The molecule has 21 heavy (non-hydrogen) atoms. The normalized spacial score (nSPS) is 9.90. The minimum absolute atomic E-state index is 0.0394. The van der Waals surface area contributed by atoms with Crippen LogP contribution >= 0.6 is 0 Å². The maximum absolute atomic E-state index is 12.2.